The Bertz CT molecular complexity index is 230. The molecule has 0 saturated carbocycles. The van der Waals surface area contributed by atoms with Crippen molar-refractivity contribution in [2.75, 3.05) is 13.2 Å². The lowest BCUT2D eigenvalue weighted by atomic mass is 9.96. The maximum atomic E-state index is 11.3. The largest absolute Gasteiger partial charge is 0.462 e. The van der Waals surface area contributed by atoms with Crippen molar-refractivity contribution in [1.29, 1.82) is 0 Å². The summed E-state index contributed by atoms with van der Waals surface area (Å²) in [7, 11) is 0. The average molecular weight is 169 g/mol. The van der Waals surface area contributed by atoms with Crippen molar-refractivity contribution in [1.82, 2.24) is 5.06 Å². The summed E-state index contributed by atoms with van der Waals surface area (Å²) in [6.07, 6.45) is 2.24. The molecular formula is C8H11NO3. The fraction of sp³-hybridized carbons (Fsp3) is 0.875. The molecule has 66 valence electrons. The molecule has 0 amide bonds. The van der Waals surface area contributed by atoms with Crippen LogP contribution in [0.15, 0.2) is 0 Å². The summed E-state index contributed by atoms with van der Waals surface area (Å²) in [6, 6.07) is 0.310. The number of cyclic esters (lactones) is 1. The topological polar surface area (TPSA) is 38.8 Å². The number of nitrogens with zero attached hydrogens (tertiary/aromatic N) is 1. The van der Waals surface area contributed by atoms with Crippen molar-refractivity contribution in [3.63, 3.8) is 0 Å². The first-order valence-corrected chi connectivity index (χ1v) is 4.46. The molecule has 3 aliphatic heterocycles. The van der Waals surface area contributed by atoms with Crippen molar-refractivity contribution in [2.24, 2.45) is 5.92 Å². The summed E-state index contributed by atoms with van der Waals surface area (Å²) in [6.45, 7) is 1.43. The maximum Gasteiger partial charge on any atom is 0.313 e. The van der Waals surface area contributed by atoms with E-state index in [0.717, 1.165) is 19.4 Å². The first-order chi connectivity index (χ1) is 5.86. The number of carbonyl (C=O) groups excluding carboxylic acids is 1. The standard InChI is InChI=1S/C8H11NO3/c10-8-7-5-2-1-3-9(5)12-6(7)4-11-8/h5-7H,1-4H2/t5-,6-,7-/m1/s1. The Kier molecular flexibility index (Phi) is 1.26. The lowest BCUT2D eigenvalue weighted by molar-refractivity contribution is -0.162. The van der Waals surface area contributed by atoms with Gasteiger partial charge in [-0.2, -0.15) is 5.06 Å². The molecule has 0 aromatic rings. The predicted octanol–water partition coefficient (Wildman–Crippen LogP) is -0.0624. The van der Waals surface area contributed by atoms with Gasteiger partial charge in [0, 0.05) is 6.54 Å². The van der Waals surface area contributed by atoms with E-state index in [1.165, 1.54) is 0 Å². The molecule has 3 rings (SSSR count). The van der Waals surface area contributed by atoms with Crippen molar-refractivity contribution in [2.45, 2.75) is 25.0 Å². The van der Waals surface area contributed by atoms with E-state index in [-0.39, 0.29) is 18.0 Å². The molecule has 0 aliphatic carbocycles. The monoisotopic (exact) mass is 169 g/mol. The first kappa shape index (κ1) is 6.86. The summed E-state index contributed by atoms with van der Waals surface area (Å²) in [4.78, 5) is 16.8. The number of rotatable bonds is 0. The third-order valence-corrected chi connectivity index (χ3v) is 3.00. The summed E-state index contributed by atoms with van der Waals surface area (Å²) >= 11 is 0. The highest BCUT2D eigenvalue weighted by Crippen LogP contribution is 2.38. The fourth-order valence-electron chi connectivity index (χ4n) is 2.45. The van der Waals surface area contributed by atoms with Gasteiger partial charge in [0.2, 0.25) is 0 Å². The van der Waals surface area contributed by atoms with Crippen LogP contribution in [0.4, 0.5) is 0 Å². The molecule has 0 spiro atoms. The summed E-state index contributed by atoms with van der Waals surface area (Å²) in [5, 5.41) is 1.97. The van der Waals surface area contributed by atoms with Gasteiger partial charge in [-0.05, 0) is 12.8 Å². The number of hydrogen-bond acceptors (Lipinski definition) is 4. The average Bonchev–Trinajstić information content (AvgIpc) is 2.61. The van der Waals surface area contributed by atoms with E-state index in [0.29, 0.717) is 12.6 Å². The van der Waals surface area contributed by atoms with E-state index in [9.17, 15) is 4.79 Å². The highest BCUT2D eigenvalue weighted by atomic mass is 16.7. The van der Waals surface area contributed by atoms with E-state index in [1.807, 2.05) is 5.06 Å². The smallest absolute Gasteiger partial charge is 0.313 e. The van der Waals surface area contributed by atoms with Crippen molar-refractivity contribution >= 4 is 5.97 Å². The van der Waals surface area contributed by atoms with Crippen LogP contribution in [0.3, 0.4) is 0 Å². The number of hydroxylamine groups is 2. The molecule has 0 radical (unpaired) electrons. The second-order valence-electron chi connectivity index (χ2n) is 3.65. The molecule has 3 fully saturated rings. The van der Waals surface area contributed by atoms with Crippen molar-refractivity contribution < 1.29 is 14.4 Å². The Balaban J connectivity index is 1.90. The lowest BCUT2D eigenvalue weighted by Gasteiger charge is -2.14. The normalized spacial score (nSPS) is 46.0. The third kappa shape index (κ3) is 0.716. The van der Waals surface area contributed by atoms with E-state index in [2.05, 4.69) is 0 Å². The van der Waals surface area contributed by atoms with Gasteiger partial charge in [-0.1, -0.05) is 0 Å². The molecule has 3 saturated heterocycles. The number of esters is 1. The van der Waals surface area contributed by atoms with E-state index in [1.54, 1.807) is 0 Å². The van der Waals surface area contributed by atoms with Gasteiger partial charge in [0.25, 0.3) is 0 Å². The number of carbonyl (C=O) groups is 1. The minimum Gasteiger partial charge on any atom is -0.462 e. The molecule has 4 nitrogen and oxygen atoms in total. The summed E-state index contributed by atoms with van der Waals surface area (Å²) in [5.74, 6) is -0.0538. The molecule has 0 bridgehead atoms. The Hall–Kier alpha value is -0.610. The maximum absolute atomic E-state index is 11.3. The van der Waals surface area contributed by atoms with Crippen molar-refractivity contribution in [3.05, 3.63) is 0 Å². The second-order valence-corrected chi connectivity index (χ2v) is 3.65. The van der Waals surface area contributed by atoms with Crippen LogP contribution in [0.1, 0.15) is 12.8 Å². The van der Waals surface area contributed by atoms with Crippen LogP contribution in [-0.2, 0) is 14.4 Å². The minimum absolute atomic E-state index is 0.00694. The molecule has 0 aromatic carbocycles. The zero-order valence-corrected chi connectivity index (χ0v) is 6.73. The minimum atomic E-state index is -0.0607. The molecule has 0 unspecified atom stereocenters. The Morgan fingerprint density at radius 3 is 3.33 bits per heavy atom. The van der Waals surface area contributed by atoms with Crippen LogP contribution in [-0.4, -0.2) is 36.3 Å². The summed E-state index contributed by atoms with van der Waals surface area (Å²) in [5.41, 5.74) is 0. The van der Waals surface area contributed by atoms with Gasteiger partial charge >= 0.3 is 5.97 Å². The highest BCUT2D eigenvalue weighted by Gasteiger charge is 2.53. The van der Waals surface area contributed by atoms with Crippen LogP contribution < -0.4 is 0 Å². The molecular weight excluding hydrogens is 158 g/mol. The van der Waals surface area contributed by atoms with Gasteiger partial charge in [-0.3, -0.25) is 9.63 Å². The first-order valence-electron chi connectivity index (χ1n) is 4.46. The summed E-state index contributed by atoms with van der Waals surface area (Å²) < 4.78 is 4.94. The van der Waals surface area contributed by atoms with Gasteiger partial charge in [-0.25, -0.2) is 0 Å². The van der Waals surface area contributed by atoms with Crippen LogP contribution in [0, 0.1) is 5.92 Å². The molecule has 4 heteroatoms. The molecule has 0 aromatic heterocycles. The zero-order chi connectivity index (χ0) is 8.13. The van der Waals surface area contributed by atoms with E-state index in [4.69, 9.17) is 9.57 Å². The fourth-order valence-corrected chi connectivity index (χ4v) is 2.45. The van der Waals surface area contributed by atoms with Gasteiger partial charge in [0.1, 0.15) is 18.6 Å². The second kappa shape index (κ2) is 2.20. The molecule has 3 atom stereocenters. The lowest BCUT2D eigenvalue weighted by Crippen LogP contribution is -2.29. The van der Waals surface area contributed by atoms with Crippen LogP contribution >= 0.6 is 0 Å². The van der Waals surface area contributed by atoms with Gasteiger partial charge in [-0.15, -0.1) is 0 Å². The zero-order valence-electron chi connectivity index (χ0n) is 6.73. The number of fused-ring (bicyclic) bond motifs is 3. The van der Waals surface area contributed by atoms with Gasteiger partial charge in [0.05, 0.1) is 6.04 Å². The quantitative estimate of drug-likeness (QED) is 0.476. The van der Waals surface area contributed by atoms with Crippen LogP contribution in [0.5, 0.6) is 0 Å². The Morgan fingerprint density at radius 1 is 1.50 bits per heavy atom. The van der Waals surface area contributed by atoms with E-state index >= 15 is 0 Å². The Labute approximate surface area is 70.4 Å². The number of ether oxygens (including phenoxy) is 1. The number of hydrogen-bond donors (Lipinski definition) is 0. The molecule has 3 heterocycles. The van der Waals surface area contributed by atoms with Gasteiger partial charge < -0.3 is 4.74 Å². The molecule has 3 aliphatic rings. The van der Waals surface area contributed by atoms with Gasteiger partial charge in [0.15, 0.2) is 0 Å². The third-order valence-electron chi connectivity index (χ3n) is 3.00. The van der Waals surface area contributed by atoms with E-state index < -0.39 is 0 Å². The SMILES string of the molecule is O=C1OC[C@H]2ON3CCC[C@@H]3[C@@H]12. The highest BCUT2D eigenvalue weighted by molar-refractivity contribution is 5.76. The van der Waals surface area contributed by atoms with Crippen LogP contribution in [0.25, 0.3) is 0 Å². The van der Waals surface area contributed by atoms with Crippen LogP contribution in [0.2, 0.25) is 0 Å². The Morgan fingerprint density at radius 2 is 2.42 bits per heavy atom. The molecule has 0 N–H and O–H groups in total. The van der Waals surface area contributed by atoms with Crippen molar-refractivity contribution in [3.8, 4) is 0 Å². The molecule has 12 heavy (non-hydrogen) atoms. The predicted molar refractivity (Wildman–Crippen MR) is 39.1 cm³/mol.